The van der Waals surface area contributed by atoms with Crippen molar-refractivity contribution < 1.29 is 9.72 Å². The monoisotopic (exact) mass is 339 g/mol. The van der Waals surface area contributed by atoms with Gasteiger partial charge in [0.05, 0.1) is 26.9 Å². The summed E-state index contributed by atoms with van der Waals surface area (Å²) in [5.74, 6) is 0.159. The van der Waals surface area contributed by atoms with Gasteiger partial charge in [0.25, 0.3) is 5.69 Å². The first-order valence-corrected chi connectivity index (χ1v) is 7.87. The lowest BCUT2D eigenvalue weighted by Gasteiger charge is -2.52. The Morgan fingerprint density at radius 2 is 1.68 bits per heavy atom. The summed E-state index contributed by atoms with van der Waals surface area (Å²) in [7, 11) is 0. The first-order chi connectivity index (χ1) is 11.7. The number of carbonyl (C=O) groups excluding carboxylic acids is 1. The molecule has 1 aromatic carbocycles. The SMILES string of the molecule is C[C@@]12CNC[C@](C)(CN(c3cc(C#N)c(C#N)cc3[N+](=O)[O-])C1)C2=O. The third-order valence-electron chi connectivity index (χ3n) is 5.10. The minimum absolute atomic E-state index is 0.0229. The number of Topliss-reactive ketones (excluding diaryl/α,β-unsaturated/α-hetero) is 1. The quantitative estimate of drug-likeness (QED) is 0.637. The van der Waals surface area contributed by atoms with E-state index in [1.165, 1.54) is 6.07 Å². The maximum Gasteiger partial charge on any atom is 0.293 e. The number of nitro groups is 1. The van der Waals surface area contributed by atoms with Crippen molar-refractivity contribution in [3.63, 3.8) is 0 Å². The van der Waals surface area contributed by atoms with Crippen molar-refractivity contribution in [1.82, 2.24) is 5.32 Å². The summed E-state index contributed by atoms with van der Waals surface area (Å²) in [5, 5.41) is 33.1. The maximum atomic E-state index is 12.8. The molecule has 2 aliphatic heterocycles. The number of hydrogen-bond acceptors (Lipinski definition) is 7. The van der Waals surface area contributed by atoms with Gasteiger partial charge in [-0.15, -0.1) is 0 Å². The van der Waals surface area contributed by atoms with Crippen LogP contribution in [-0.2, 0) is 4.79 Å². The van der Waals surface area contributed by atoms with Crippen molar-refractivity contribution in [2.75, 3.05) is 31.1 Å². The molecule has 0 spiro atoms. The highest BCUT2D eigenvalue weighted by molar-refractivity contribution is 5.94. The first-order valence-electron chi connectivity index (χ1n) is 7.87. The number of benzene rings is 1. The van der Waals surface area contributed by atoms with Gasteiger partial charge in [0.15, 0.2) is 5.78 Å². The molecule has 0 amide bonds. The Morgan fingerprint density at radius 3 is 2.16 bits per heavy atom. The Hall–Kier alpha value is -2.97. The number of nitrogens with zero attached hydrogens (tertiary/aromatic N) is 4. The van der Waals surface area contributed by atoms with Gasteiger partial charge in [-0.2, -0.15) is 10.5 Å². The van der Waals surface area contributed by atoms with Crippen LogP contribution in [0.3, 0.4) is 0 Å². The largest absolute Gasteiger partial charge is 0.364 e. The zero-order valence-corrected chi connectivity index (χ0v) is 14.0. The van der Waals surface area contributed by atoms with Crippen LogP contribution in [0.2, 0.25) is 0 Å². The molecule has 1 N–H and O–H groups in total. The van der Waals surface area contributed by atoms with Gasteiger partial charge in [-0.25, -0.2) is 0 Å². The van der Waals surface area contributed by atoms with Crippen LogP contribution in [0.1, 0.15) is 25.0 Å². The van der Waals surface area contributed by atoms with Crippen molar-refractivity contribution in [2.45, 2.75) is 13.8 Å². The molecule has 3 rings (SSSR count). The third-order valence-corrected chi connectivity index (χ3v) is 5.10. The second-order valence-electron chi connectivity index (χ2n) is 7.28. The van der Waals surface area contributed by atoms with E-state index in [4.69, 9.17) is 5.26 Å². The molecule has 2 heterocycles. The molecule has 128 valence electrons. The standard InChI is InChI=1S/C17H17N5O3/c1-16-7-20-8-17(2,15(16)23)10-21(9-16)13-3-11(5-18)12(6-19)4-14(13)22(24)25/h3-4,20H,7-10H2,1-2H3/t16-,17-/m1/s1. The van der Waals surface area contributed by atoms with Crippen LogP contribution < -0.4 is 10.2 Å². The second kappa shape index (κ2) is 5.54. The molecule has 0 saturated carbocycles. The molecule has 0 aliphatic carbocycles. The molecular weight excluding hydrogens is 322 g/mol. The van der Waals surface area contributed by atoms with Gasteiger partial charge in [0.1, 0.15) is 17.8 Å². The molecular formula is C17H17N5O3. The molecule has 2 saturated heterocycles. The zero-order valence-electron chi connectivity index (χ0n) is 14.0. The predicted molar refractivity (Wildman–Crippen MR) is 88.8 cm³/mol. The van der Waals surface area contributed by atoms with Crippen molar-refractivity contribution >= 4 is 17.2 Å². The number of piperidine rings is 2. The molecule has 0 aromatic heterocycles. The second-order valence-corrected chi connectivity index (χ2v) is 7.28. The van der Waals surface area contributed by atoms with E-state index in [1.54, 1.807) is 0 Å². The molecule has 2 aliphatic rings. The van der Waals surface area contributed by atoms with E-state index in [0.29, 0.717) is 26.2 Å². The number of nitro benzene ring substituents is 1. The fourth-order valence-electron chi connectivity index (χ4n) is 3.99. The smallest absolute Gasteiger partial charge is 0.293 e. The van der Waals surface area contributed by atoms with Crippen molar-refractivity contribution in [3.05, 3.63) is 33.4 Å². The average molecular weight is 339 g/mol. The van der Waals surface area contributed by atoms with Gasteiger partial charge in [-0.3, -0.25) is 14.9 Å². The van der Waals surface area contributed by atoms with Gasteiger partial charge < -0.3 is 10.2 Å². The van der Waals surface area contributed by atoms with Crippen LogP contribution in [-0.4, -0.2) is 36.9 Å². The number of ketones is 1. The minimum atomic E-state index is -0.653. The van der Waals surface area contributed by atoms with Crippen LogP contribution in [0.5, 0.6) is 0 Å². The summed E-state index contributed by atoms with van der Waals surface area (Å²) in [5.41, 5.74) is -1.17. The van der Waals surface area contributed by atoms with E-state index in [9.17, 15) is 20.2 Å². The Morgan fingerprint density at radius 1 is 1.16 bits per heavy atom. The Balaban J connectivity index is 2.14. The van der Waals surface area contributed by atoms with E-state index in [2.05, 4.69) is 5.32 Å². The number of nitriles is 2. The van der Waals surface area contributed by atoms with Crippen molar-refractivity contribution in [2.24, 2.45) is 10.8 Å². The number of rotatable bonds is 2. The highest BCUT2D eigenvalue weighted by atomic mass is 16.6. The first kappa shape index (κ1) is 16.9. The predicted octanol–water partition coefficient (Wildman–Crippen LogP) is 1.34. The number of anilines is 1. The van der Waals surface area contributed by atoms with E-state index in [0.717, 1.165) is 6.07 Å². The highest BCUT2D eigenvalue weighted by Gasteiger charge is 2.54. The highest BCUT2D eigenvalue weighted by Crippen LogP contribution is 2.43. The van der Waals surface area contributed by atoms with Gasteiger partial charge >= 0.3 is 0 Å². The molecule has 2 fully saturated rings. The summed E-state index contributed by atoms with van der Waals surface area (Å²) >= 11 is 0. The van der Waals surface area contributed by atoms with E-state index >= 15 is 0 Å². The lowest BCUT2D eigenvalue weighted by atomic mass is 9.65. The summed E-state index contributed by atoms with van der Waals surface area (Å²) in [6.45, 7) is 5.37. The summed E-state index contributed by atoms with van der Waals surface area (Å²) in [4.78, 5) is 25.5. The molecule has 1 aromatic rings. The van der Waals surface area contributed by atoms with Crippen LogP contribution in [0.15, 0.2) is 12.1 Å². The van der Waals surface area contributed by atoms with Crippen molar-refractivity contribution in [1.29, 1.82) is 10.5 Å². The lowest BCUT2D eigenvalue weighted by molar-refractivity contribution is -0.384. The fourth-order valence-corrected chi connectivity index (χ4v) is 3.99. The third kappa shape index (κ3) is 2.51. The molecule has 25 heavy (non-hydrogen) atoms. The van der Waals surface area contributed by atoms with Crippen molar-refractivity contribution in [3.8, 4) is 12.1 Å². The number of fused-ring (bicyclic) bond motifs is 2. The van der Waals surface area contributed by atoms with Crippen LogP contribution >= 0.6 is 0 Å². The van der Waals surface area contributed by atoms with E-state index < -0.39 is 15.8 Å². The summed E-state index contributed by atoms with van der Waals surface area (Å²) < 4.78 is 0. The summed E-state index contributed by atoms with van der Waals surface area (Å²) in [6.07, 6.45) is 0. The fraction of sp³-hybridized carbons (Fsp3) is 0.471. The molecule has 8 heteroatoms. The zero-order chi connectivity index (χ0) is 18.4. The van der Waals surface area contributed by atoms with Gasteiger partial charge in [0.2, 0.25) is 0 Å². The molecule has 2 bridgehead atoms. The minimum Gasteiger partial charge on any atom is -0.364 e. The molecule has 8 nitrogen and oxygen atoms in total. The van der Waals surface area contributed by atoms with E-state index in [-0.39, 0.29) is 28.3 Å². The van der Waals surface area contributed by atoms with Gasteiger partial charge in [-0.05, 0) is 19.9 Å². The Kier molecular flexibility index (Phi) is 3.74. The number of carbonyl (C=O) groups is 1. The van der Waals surface area contributed by atoms with Crippen LogP contribution in [0, 0.1) is 43.6 Å². The normalized spacial score (nSPS) is 28.2. The number of hydrogen-bond donors (Lipinski definition) is 1. The van der Waals surface area contributed by atoms with E-state index in [1.807, 2.05) is 30.9 Å². The van der Waals surface area contributed by atoms with Crippen LogP contribution in [0.4, 0.5) is 11.4 Å². The summed E-state index contributed by atoms with van der Waals surface area (Å²) in [6, 6.07) is 6.28. The molecule has 2 atom stereocenters. The molecule has 0 unspecified atom stereocenters. The topological polar surface area (TPSA) is 123 Å². The average Bonchev–Trinajstić information content (AvgIpc) is 2.56. The lowest BCUT2D eigenvalue weighted by Crippen LogP contribution is -2.67. The Bertz CT molecular complexity index is 846. The maximum absolute atomic E-state index is 12.8. The molecule has 0 radical (unpaired) electrons. The number of nitrogens with one attached hydrogen (secondary N) is 1. The van der Waals surface area contributed by atoms with Gasteiger partial charge in [0, 0.05) is 32.2 Å². The Labute approximate surface area is 144 Å². The van der Waals surface area contributed by atoms with Crippen LogP contribution in [0.25, 0.3) is 0 Å². The van der Waals surface area contributed by atoms with Gasteiger partial charge in [-0.1, -0.05) is 0 Å².